The lowest BCUT2D eigenvalue weighted by molar-refractivity contribution is 0.453. The summed E-state index contributed by atoms with van der Waals surface area (Å²) in [4.78, 5) is 9.17. The number of benzene rings is 2. The molecule has 0 N–H and O–H groups in total. The maximum Gasteiger partial charge on any atom is 0.223 e. The molecule has 0 saturated carbocycles. The molecule has 26 heavy (non-hydrogen) atoms. The second-order valence-electron chi connectivity index (χ2n) is 6.08. The number of nitriles is 1. The molecule has 5 heteroatoms. The Balaban J connectivity index is 1.80. The lowest BCUT2D eigenvalue weighted by Gasteiger charge is -2.11. The minimum Gasteiger partial charge on any atom is -0.439 e. The predicted molar refractivity (Wildman–Crippen MR) is 103 cm³/mol. The first-order valence-corrected chi connectivity index (χ1v) is 9.36. The third-order valence-electron chi connectivity index (χ3n) is 3.68. The van der Waals surface area contributed by atoms with E-state index in [0.717, 1.165) is 17.0 Å². The van der Waals surface area contributed by atoms with Gasteiger partial charge < -0.3 is 4.74 Å². The van der Waals surface area contributed by atoms with E-state index < -0.39 is 0 Å². The Bertz CT molecular complexity index is 920. The first-order chi connectivity index (χ1) is 12.6. The molecule has 0 bridgehead atoms. The van der Waals surface area contributed by atoms with Crippen LogP contribution in [0.15, 0.2) is 65.8 Å². The summed E-state index contributed by atoms with van der Waals surface area (Å²) in [6.07, 6.45) is 0. The highest BCUT2D eigenvalue weighted by Gasteiger charge is 2.10. The number of ether oxygens (including phenoxy) is 1. The van der Waals surface area contributed by atoms with Crippen LogP contribution in [0.25, 0.3) is 0 Å². The number of nitrogens with zero attached hydrogens (tertiary/aromatic N) is 3. The van der Waals surface area contributed by atoms with Crippen LogP contribution in [-0.2, 0) is 5.75 Å². The van der Waals surface area contributed by atoms with Crippen LogP contribution in [0.4, 0.5) is 0 Å². The molecule has 0 spiro atoms. The Kier molecular flexibility index (Phi) is 5.88. The molecule has 0 amide bonds. The van der Waals surface area contributed by atoms with E-state index in [1.807, 2.05) is 54.6 Å². The van der Waals surface area contributed by atoms with Crippen LogP contribution >= 0.6 is 11.8 Å². The molecule has 3 rings (SSSR count). The molecular weight excluding hydrogens is 342 g/mol. The van der Waals surface area contributed by atoms with Crippen molar-refractivity contribution in [3.05, 3.63) is 77.5 Å². The van der Waals surface area contributed by atoms with E-state index in [4.69, 9.17) is 10.00 Å². The fraction of sp³-hybridized carbons (Fsp3) is 0.190. The Morgan fingerprint density at radius 2 is 1.85 bits per heavy atom. The topological polar surface area (TPSA) is 58.8 Å². The van der Waals surface area contributed by atoms with Crippen molar-refractivity contribution in [2.75, 3.05) is 0 Å². The number of hydrogen-bond donors (Lipinski definition) is 0. The molecule has 4 nitrogen and oxygen atoms in total. The predicted octanol–water partition coefficient (Wildman–Crippen LogP) is 5.56. The van der Waals surface area contributed by atoms with E-state index in [0.29, 0.717) is 22.4 Å². The van der Waals surface area contributed by atoms with Gasteiger partial charge in [-0.1, -0.05) is 55.9 Å². The van der Waals surface area contributed by atoms with Crippen molar-refractivity contribution in [3.8, 4) is 17.7 Å². The highest BCUT2D eigenvalue weighted by Crippen LogP contribution is 2.27. The van der Waals surface area contributed by atoms with Crippen LogP contribution in [-0.4, -0.2) is 9.97 Å². The second kappa shape index (κ2) is 8.50. The molecule has 0 aliphatic heterocycles. The largest absolute Gasteiger partial charge is 0.439 e. The summed E-state index contributed by atoms with van der Waals surface area (Å²) < 4.78 is 5.89. The van der Waals surface area contributed by atoms with Crippen molar-refractivity contribution >= 4 is 11.8 Å². The van der Waals surface area contributed by atoms with E-state index in [-0.39, 0.29) is 5.92 Å². The quantitative estimate of drug-likeness (QED) is 0.425. The zero-order valence-electron chi connectivity index (χ0n) is 14.7. The Hall–Kier alpha value is -2.84. The molecule has 2 aromatic carbocycles. The lowest BCUT2D eigenvalue weighted by Crippen LogP contribution is -1.99. The van der Waals surface area contributed by atoms with Gasteiger partial charge in [0.25, 0.3) is 0 Å². The summed E-state index contributed by atoms with van der Waals surface area (Å²) in [7, 11) is 0. The molecule has 0 atom stereocenters. The smallest absolute Gasteiger partial charge is 0.223 e. The van der Waals surface area contributed by atoms with Crippen molar-refractivity contribution in [1.29, 1.82) is 5.26 Å². The molecule has 0 radical (unpaired) electrons. The van der Waals surface area contributed by atoms with Gasteiger partial charge >= 0.3 is 0 Å². The molecule has 0 aliphatic rings. The van der Waals surface area contributed by atoms with Gasteiger partial charge in [0.15, 0.2) is 5.16 Å². The maximum atomic E-state index is 9.02. The van der Waals surface area contributed by atoms with Crippen molar-refractivity contribution < 1.29 is 4.74 Å². The van der Waals surface area contributed by atoms with Crippen molar-refractivity contribution in [2.45, 2.75) is 30.7 Å². The Labute approximate surface area is 157 Å². The number of thioether (sulfide) groups is 1. The molecule has 130 valence electrons. The van der Waals surface area contributed by atoms with Gasteiger partial charge in [-0.2, -0.15) is 10.2 Å². The minimum absolute atomic E-state index is 0.275. The Morgan fingerprint density at radius 1 is 1.04 bits per heavy atom. The average Bonchev–Trinajstić information content (AvgIpc) is 2.67. The van der Waals surface area contributed by atoms with Gasteiger partial charge in [0, 0.05) is 11.8 Å². The van der Waals surface area contributed by atoms with Gasteiger partial charge in [0.1, 0.15) is 5.75 Å². The van der Waals surface area contributed by atoms with E-state index in [1.54, 1.807) is 6.07 Å². The van der Waals surface area contributed by atoms with E-state index >= 15 is 0 Å². The van der Waals surface area contributed by atoms with E-state index in [2.05, 4.69) is 29.9 Å². The van der Waals surface area contributed by atoms with Crippen LogP contribution in [0.1, 0.15) is 36.6 Å². The number of aromatic nitrogens is 2. The summed E-state index contributed by atoms with van der Waals surface area (Å²) in [5, 5.41) is 9.69. The van der Waals surface area contributed by atoms with Crippen LogP contribution in [0.3, 0.4) is 0 Å². The normalized spacial score (nSPS) is 10.5. The van der Waals surface area contributed by atoms with Gasteiger partial charge in [0.2, 0.25) is 5.88 Å². The van der Waals surface area contributed by atoms with E-state index in [9.17, 15) is 0 Å². The molecule has 0 unspecified atom stereocenters. The van der Waals surface area contributed by atoms with Gasteiger partial charge in [-0.15, -0.1) is 0 Å². The number of hydrogen-bond acceptors (Lipinski definition) is 5. The highest BCUT2D eigenvalue weighted by atomic mass is 32.2. The van der Waals surface area contributed by atoms with E-state index in [1.165, 1.54) is 11.8 Å². The molecule has 1 heterocycles. The third-order valence-corrected chi connectivity index (χ3v) is 4.60. The standard InChI is InChI=1S/C21H19N3OS/c1-15(2)19-12-20(25-18-9-4-3-5-10-18)24-21(23-19)26-14-17-8-6-7-16(11-17)13-22/h3-12,15H,14H2,1-2H3. The zero-order chi connectivity index (χ0) is 18.4. The third kappa shape index (κ3) is 4.84. The number of para-hydroxylation sites is 1. The average molecular weight is 361 g/mol. The summed E-state index contributed by atoms with van der Waals surface area (Å²) in [6.45, 7) is 4.19. The van der Waals surface area contributed by atoms with Crippen LogP contribution in [0.2, 0.25) is 0 Å². The zero-order valence-corrected chi connectivity index (χ0v) is 15.5. The van der Waals surface area contributed by atoms with Gasteiger partial charge in [-0.05, 0) is 35.7 Å². The highest BCUT2D eigenvalue weighted by molar-refractivity contribution is 7.98. The van der Waals surface area contributed by atoms with Crippen LogP contribution < -0.4 is 4.74 Å². The summed E-state index contributed by atoms with van der Waals surface area (Å²) in [6, 6.07) is 21.2. The molecule has 0 aliphatic carbocycles. The van der Waals surface area contributed by atoms with Crippen LogP contribution in [0, 0.1) is 11.3 Å². The summed E-state index contributed by atoms with van der Waals surface area (Å²) in [5.74, 6) is 2.26. The SMILES string of the molecule is CC(C)c1cc(Oc2ccccc2)nc(SCc2cccc(C#N)c2)n1. The lowest BCUT2D eigenvalue weighted by atomic mass is 10.1. The minimum atomic E-state index is 0.275. The molecule has 0 saturated heterocycles. The molecule has 1 aromatic heterocycles. The fourth-order valence-corrected chi connectivity index (χ4v) is 3.12. The maximum absolute atomic E-state index is 9.02. The fourth-order valence-electron chi connectivity index (χ4n) is 2.32. The molecular formula is C21H19N3OS. The summed E-state index contributed by atoms with van der Waals surface area (Å²) in [5.41, 5.74) is 2.67. The Morgan fingerprint density at radius 3 is 2.58 bits per heavy atom. The van der Waals surface area contributed by atoms with Crippen LogP contribution in [0.5, 0.6) is 11.6 Å². The van der Waals surface area contributed by atoms with Gasteiger partial charge in [0.05, 0.1) is 17.3 Å². The van der Waals surface area contributed by atoms with Gasteiger partial charge in [-0.25, -0.2) is 4.98 Å². The van der Waals surface area contributed by atoms with Crippen molar-refractivity contribution in [2.24, 2.45) is 0 Å². The van der Waals surface area contributed by atoms with Gasteiger partial charge in [-0.3, -0.25) is 0 Å². The first-order valence-electron chi connectivity index (χ1n) is 8.38. The summed E-state index contributed by atoms with van der Waals surface area (Å²) >= 11 is 1.54. The van der Waals surface area contributed by atoms with Crippen molar-refractivity contribution in [3.63, 3.8) is 0 Å². The first kappa shape index (κ1) is 18.0. The monoisotopic (exact) mass is 361 g/mol. The van der Waals surface area contributed by atoms with Crippen molar-refractivity contribution in [1.82, 2.24) is 9.97 Å². The second-order valence-corrected chi connectivity index (χ2v) is 7.03. The molecule has 0 fully saturated rings. The molecule has 3 aromatic rings. The number of rotatable bonds is 6.